The number of thiazole rings is 1. The molecule has 0 radical (unpaired) electrons. The maximum Gasteiger partial charge on any atom is 0.191 e. The van der Waals surface area contributed by atoms with Crippen LogP contribution in [0.4, 0.5) is 0 Å². The number of hydrogen-bond acceptors (Lipinski definition) is 5. The van der Waals surface area contributed by atoms with E-state index < -0.39 is 0 Å². The number of guanidine groups is 1. The SMILES string of the molecule is CN=C(NCCOc1cccnc1)NCCc1csc(C)n1. The number of aliphatic imine (C=N–C) groups is 1. The summed E-state index contributed by atoms with van der Waals surface area (Å²) in [5.41, 5.74) is 1.12. The molecule has 2 rings (SSSR count). The van der Waals surface area contributed by atoms with Crippen LogP contribution in [-0.2, 0) is 6.42 Å². The number of ether oxygens (including phenoxy) is 1. The van der Waals surface area contributed by atoms with Gasteiger partial charge in [0.2, 0.25) is 0 Å². The summed E-state index contributed by atoms with van der Waals surface area (Å²) in [5, 5.41) is 9.66. The Labute approximate surface area is 134 Å². The van der Waals surface area contributed by atoms with E-state index in [9.17, 15) is 0 Å². The minimum absolute atomic E-state index is 0.553. The maximum atomic E-state index is 5.56. The van der Waals surface area contributed by atoms with Crippen molar-refractivity contribution in [2.45, 2.75) is 13.3 Å². The lowest BCUT2D eigenvalue weighted by atomic mass is 10.3. The standard InChI is InChI=1S/C15H21N5OS/c1-12-20-13(11-22-12)5-7-18-15(16-2)19-8-9-21-14-4-3-6-17-10-14/h3-4,6,10-11H,5,7-9H2,1-2H3,(H2,16,18,19). The first kappa shape index (κ1) is 16.2. The molecule has 0 aromatic carbocycles. The zero-order valence-electron chi connectivity index (χ0n) is 12.9. The zero-order valence-corrected chi connectivity index (χ0v) is 13.7. The molecule has 0 saturated heterocycles. The Hall–Kier alpha value is -2.15. The Morgan fingerprint density at radius 1 is 1.36 bits per heavy atom. The van der Waals surface area contributed by atoms with Crippen LogP contribution < -0.4 is 15.4 Å². The van der Waals surface area contributed by atoms with Gasteiger partial charge in [0.25, 0.3) is 0 Å². The van der Waals surface area contributed by atoms with E-state index in [1.807, 2.05) is 19.1 Å². The monoisotopic (exact) mass is 319 g/mol. The van der Waals surface area contributed by atoms with Gasteiger partial charge in [-0.1, -0.05) is 0 Å². The number of hydrogen-bond donors (Lipinski definition) is 2. The van der Waals surface area contributed by atoms with E-state index in [-0.39, 0.29) is 0 Å². The van der Waals surface area contributed by atoms with Crippen LogP contribution >= 0.6 is 11.3 Å². The highest BCUT2D eigenvalue weighted by molar-refractivity contribution is 7.09. The predicted molar refractivity (Wildman–Crippen MR) is 89.7 cm³/mol. The largest absolute Gasteiger partial charge is 0.490 e. The Balaban J connectivity index is 1.61. The first-order valence-corrected chi connectivity index (χ1v) is 8.04. The Morgan fingerprint density at radius 3 is 2.91 bits per heavy atom. The van der Waals surface area contributed by atoms with Crippen LogP contribution in [0.5, 0.6) is 5.75 Å². The quantitative estimate of drug-likeness (QED) is 0.461. The van der Waals surface area contributed by atoms with E-state index in [0.29, 0.717) is 13.2 Å². The number of aromatic nitrogens is 2. The van der Waals surface area contributed by atoms with Crippen molar-refractivity contribution in [3.05, 3.63) is 40.6 Å². The fraction of sp³-hybridized carbons (Fsp3) is 0.400. The molecular formula is C15H21N5OS. The molecule has 2 aromatic heterocycles. The van der Waals surface area contributed by atoms with Gasteiger partial charge in [0.1, 0.15) is 12.4 Å². The van der Waals surface area contributed by atoms with Gasteiger partial charge >= 0.3 is 0 Å². The molecule has 0 aliphatic rings. The second-order valence-electron chi connectivity index (χ2n) is 4.57. The van der Waals surface area contributed by atoms with Crippen LogP contribution in [0.2, 0.25) is 0 Å². The van der Waals surface area contributed by atoms with E-state index in [0.717, 1.165) is 35.4 Å². The Kier molecular flexibility index (Phi) is 6.63. The van der Waals surface area contributed by atoms with Crippen LogP contribution in [0, 0.1) is 6.92 Å². The van der Waals surface area contributed by atoms with Gasteiger partial charge in [-0.15, -0.1) is 11.3 Å². The van der Waals surface area contributed by atoms with Gasteiger partial charge in [-0.3, -0.25) is 9.98 Å². The number of aryl methyl sites for hydroxylation is 1. The lowest BCUT2D eigenvalue weighted by Crippen LogP contribution is -2.40. The molecule has 118 valence electrons. The van der Waals surface area contributed by atoms with E-state index in [4.69, 9.17) is 4.74 Å². The average molecular weight is 319 g/mol. The number of nitrogens with zero attached hydrogens (tertiary/aromatic N) is 3. The summed E-state index contributed by atoms with van der Waals surface area (Å²) >= 11 is 1.68. The van der Waals surface area contributed by atoms with Crippen molar-refractivity contribution in [1.29, 1.82) is 0 Å². The van der Waals surface area contributed by atoms with Gasteiger partial charge in [0.05, 0.1) is 23.4 Å². The summed E-state index contributed by atoms with van der Waals surface area (Å²) in [6.07, 6.45) is 4.31. The molecule has 0 saturated carbocycles. The molecule has 0 amide bonds. The summed E-state index contributed by atoms with van der Waals surface area (Å²) in [6, 6.07) is 3.74. The third-order valence-electron chi connectivity index (χ3n) is 2.86. The molecule has 2 heterocycles. The van der Waals surface area contributed by atoms with Gasteiger partial charge in [-0.25, -0.2) is 4.98 Å². The fourth-order valence-electron chi connectivity index (χ4n) is 1.82. The second kappa shape index (κ2) is 8.99. The second-order valence-corrected chi connectivity index (χ2v) is 5.63. The summed E-state index contributed by atoms with van der Waals surface area (Å²) in [7, 11) is 1.75. The third kappa shape index (κ3) is 5.69. The molecular weight excluding hydrogens is 298 g/mol. The molecule has 7 heteroatoms. The van der Waals surface area contributed by atoms with Crippen molar-refractivity contribution >= 4 is 17.3 Å². The van der Waals surface area contributed by atoms with Crippen molar-refractivity contribution in [3.8, 4) is 5.75 Å². The van der Waals surface area contributed by atoms with Crippen LogP contribution in [0.3, 0.4) is 0 Å². The normalized spacial score (nSPS) is 11.3. The van der Waals surface area contributed by atoms with Crippen molar-refractivity contribution in [2.24, 2.45) is 4.99 Å². The van der Waals surface area contributed by atoms with Crippen LogP contribution in [0.15, 0.2) is 34.9 Å². The van der Waals surface area contributed by atoms with Gasteiger partial charge in [0, 0.05) is 31.6 Å². The molecule has 2 N–H and O–H groups in total. The minimum Gasteiger partial charge on any atom is -0.490 e. The van der Waals surface area contributed by atoms with E-state index in [1.165, 1.54) is 0 Å². The number of rotatable bonds is 7. The van der Waals surface area contributed by atoms with Gasteiger partial charge in [-0.2, -0.15) is 0 Å². The molecule has 0 bridgehead atoms. The number of pyridine rings is 1. The molecule has 0 spiro atoms. The molecule has 22 heavy (non-hydrogen) atoms. The predicted octanol–water partition coefficient (Wildman–Crippen LogP) is 1.63. The van der Waals surface area contributed by atoms with Crippen molar-refractivity contribution in [1.82, 2.24) is 20.6 Å². The van der Waals surface area contributed by atoms with Crippen molar-refractivity contribution in [2.75, 3.05) is 26.7 Å². The minimum atomic E-state index is 0.553. The molecule has 0 fully saturated rings. The highest BCUT2D eigenvalue weighted by atomic mass is 32.1. The molecule has 0 unspecified atom stereocenters. The highest BCUT2D eigenvalue weighted by Crippen LogP contribution is 2.07. The van der Waals surface area contributed by atoms with E-state index in [2.05, 4.69) is 31.0 Å². The van der Waals surface area contributed by atoms with Crippen LogP contribution in [0.1, 0.15) is 10.7 Å². The molecule has 2 aromatic rings. The van der Waals surface area contributed by atoms with Gasteiger partial charge in [-0.05, 0) is 19.1 Å². The van der Waals surface area contributed by atoms with Crippen molar-refractivity contribution in [3.63, 3.8) is 0 Å². The Bertz CT molecular complexity index is 585. The van der Waals surface area contributed by atoms with E-state index in [1.54, 1.807) is 30.8 Å². The molecule has 6 nitrogen and oxygen atoms in total. The lowest BCUT2D eigenvalue weighted by Gasteiger charge is -2.12. The summed E-state index contributed by atoms with van der Waals surface area (Å²) in [5.74, 6) is 1.54. The topological polar surface area (TPSA) is 71.4 Å². The van der Waals surface area contributed by atoms with Crippen molar-refractivity contribution < 1.29 is 4.74 Å². The van der Waals surface area contributed by atoms with Crippen LogP contribution in [-0.4, -0.2) is 42.7 Å². The van der Waals surface area contributed by atoms with Gasteiger partial charge in [0.15, 0.2) is 5.96 Å². The zero-order chi connectivity index (χ0) is 15.6. The summed E-state index contributed by atoms with van der Waals surface area (Å²) in [4.78, 5) is 12.6. The van der Waals surface area contributed by atoms with Gasteiger partial charge < -0.3 is 15.4 Å². The summed E-state index contributed by atoms with van der Waals surface area (Å²) < 4.78 is 5.56. The summed E-state index contributed by atoms with van der Waals surface area (Å²) in [6.45, 7) is 4.04. The van der Waals surface area contributed by atoms with Crippen LogP contribution in [0.25, 0.3) is 0 Å². The average Bonchev–Trinajstić information content (AvgIpc) is 2.96. The molecule has 0 atom stereocenters. The fourth-order valence-corrected chi connectivity index (χ4v) is 2.47. The molecule has 0 aliphatic carbocycles. The first-order chi connectivity index (χ1) is 10.8. The lowest BCUT2D eigenvalue weighted by molar-refractivity contribution is 0.320. The first-order valence-electron chi connectivity index (χ1n) is 7.16. The smallest absolute Gasteiger partial charge is 0.191 e. The maximum absolute atomic E-state index is 5.56. The Morgan fingerprint density at radius 2 is 2.23 bits per heavy atom. The number of nitrogens with one attached hydrogen (secondary N) is 2. The third-order valence-corrected chi connectivity index (χ3v) is 3.68. The highest BCUT2D eigenvalue weighted by Gasteiger charge is 2.00. The molecule has 0 aliphatic heterocycles. The van der Waals surface area contributed by atoms with E-state index >= 15 is 0 Å².